The summed E-state index contributed by atoms with van der Waals surface area (Å²) >= 11 is 0. The molecular formula is C28H39FN4O4S. The number of halogens is 1. The Bertz CT molecular complexity index is 1200. The van der Waals surface area contributed by atoms with Crippen molar-refractivity contribution < 1.29 is 22.4 Å². The molecule has 0 radical (unpaired) electrons. The second-order valence-corrected chi connectivity index (χ2v) is 12.9. The molecule has 3 rings (SSSR count). The zero-order chi connectivity index (χ0) is 28.1. The van der Waals surface area contributed by atoms with Crippen molar-refractivity contribution in [1.29, 1.82) is 0 Å². The maximum absolute atomic E-state index is 13.3. The highest BCUT2D eigenvalue weighted by Crippen LogP contribution is 2.24. The third-order valence-corrected chi connectivity index (χ3v) is 8.32. The Hall–Kier alpha value is -2.82. The fourth-order valence-corrected chi connectivity index (χ4v) is 5.94. The molecule has 38 heavy (non-hydrogen) atoms. The van der Waals surface area contributed by atoms with E-state index in [2.05, 4.69) is 34.1 Å². The number of benzene rings is 2. The lowest BCUT2D eigenvalue weighted by atomic mass is 9.89. The summed E-state index contributed by atoms with van der Waals surface area (Å²) < 4.78 is 41.1. The molecule has 10 heteroatoms. The second kappa shape index (κ2) is 12.4. The third-order valence-electron chi connectivity index (χ3n) is 6.55. The molecule has 1 heterocycles. The van der Waals surface area contributed by atoms with Gasteiger partial charge in [-0.3, -0.25) is 9.59 Å². The number of carbonyl (C=O) groups excluding carboxylic acids is 2. The van der Waals surface area contributed by atoms with Gasteiger partial charge in [0.1, 0.15) is 11.9 Å². The van der Waals surface area contributed by atoms with Crippen molar-refractivity contribution in [1.82, 2.24) is 14.9 Å². The molecule has 0 spiro atoms. The second-order valence-electron chi connectivity index (χ2n) is 11.2. The lowest BCUT2D eigenvalue weighted by Crippen LogP contribution is -2.46. The Morgan fingerprint density at radius 1 is 1.00 bits per heavy atom. The van der Waals surface area contributed by atoms with Gasteiger partial charge in [-0.15, -0.1) is 0 Å². The summed E-state index contributed by atoms with van der Waals surface area (Å²) in [5.41, 5.74) is 0.0487. The molecule has 1 aliphatic heterocycles. The molecule has 1 fully saturated rings. The molecule has 8 nitrogen and oxygen atoms in total. The number of sulfonamides is 1. The van der Waals surface area contributed by atoms with Crippen LogP contribution in [0.3, 0.4) is 0 Å². The molecule has 0 saturated carbocycles. The van der Waals surface area contributed by atoms with Crippen LogP contribution in [0.4, 0.5) is 10.1 Å². The smallest absolute Gasteiger partial charge is 0.251 e. The molecule has 208 valence electrons. The molecule has 2 aromatic carbocycles. The predicted molar refractivity (Wildman–Crippen MR) is 147 cm³/mol. The van der Waals surface area contributed by atoms with Crippen LogP contribution >= 0.6 is 0 Å². The van der Waals surface area contributed by atoms with Crippen LogP contribution in [-0.2, 0) is 14.8 Å². The van der Waals surface area contributed by atoms with Crippen LogP contribution in [0.25, 0.3) is 0 Å². The van der Waals surface area contributed by atoms with Gasteiger partial charge in [-0.25, -0.2) is 17.5 Å². The fraction of sp³-hybridized carbons (Fsp3) is 0.500. The molecule has 1 saturated heterocycles. The predicted octanol–water partition coefficient (Wildman–Crippen LogP) is 4.15. The molecule has 0 aliphatic carbocycles. The Balaban J connectivity index is 1.73. The number of hydrogen-bond acceptors (Lipinski definition) is 5. The van der Waals surface area contributed by atoms with Crippen LogP contribution in [0.5, 0.6) is 0 Å². The number of amides is 2. The van der Waals surface area contributed by atoms with E-state index < -0.39 is 39.2 Å². The standard InChI is InChI=1S/C28H39FN4O4S/c1-19(2)33-16-14-20(15-17-33)18-25(31-26(34)21-6-8-22(29)9-7-21)27(35)30-23-10-12-24(13-11-23)38(36,37)32-28(3,4)5/h6-13,19-20,25,32H,14-18H2,1-5H3,(H,30,35)(H,31,34)/t25-/m0/s1. The Kier molecular flexibility index (Phi) is 9.67. The van der Waals surface area contributed by atoms with Crippen LogP contribution < -0.4 is 15.4 Å². The fourth-order valence-electron chi connectivity index (χ4n) is 4.52. The van der Waals surface area contributed by atoms with Crippen LogP contribution in [0, 0.1) is 11.7 Å². The van der Waals surface area contributed by atoms with Gasteiger partial charge in [0, 0.05) is 22.8 Å². The zero-order valence-electron chi connectivity index (χ0n) is 22.8. The van der Waals surface area contributed by atoms with Crippen LogP contribution in [-0.4, -0.2) is 55.8 Å². The molecule has 2 amide bonds. The van der Waals surface area contributed by atoms with Gasteiger partial charge in [0.2, 0.25) is 15.9 Å². The van der Waals surface area contributed by atoms with E-state index in [1.54, 1.807) is 20.8 Å². The number of anilines is 1. The lowest BCUT2D eigenvalue weighted by molar-refractivity contribution is -0.118. The summed E-state index contributed by atoms with van der Waals surface area (Å²) in [7, 11) is -3.71. The molecule has 0 bridgehead atoms. The average molecular weight is 547 g/mol. The topological polar surface area (TPSA) is 108 Å². The first-order valence-corrected chi connectivity index (χ1v) is 14.5. The minimum absolute atomic E-state index is 0.0866. The van der Waals surface area contributed by atoms with E-state index in [4.69, 9.17) is 0 Å². The van der Waals surface area contributed by atoms with Gasteiger partial charge in [-0.1, -0.05) is 0 Å². The van der Waals surface area contributed by atoms with Gasteiger partial charge < -0.3 is 15.5 Å². The van der Waals surface area contributed by atoms with Gasteiger partial charge >= 0.3 is 0 Å². The molecule has 0 aromatic heterocycles. The Morgan fingerprint density at radius 2 is 1.58 bits per heavy atom. The molecule has 1 atom stereocenters. The van der Waals surface area contributed by atoms with Crippen molar-refractivity contribution in [2.75, 3.05) is 18.4 Å². The van der Waals surface area contributed by atoms with Crippen LogP contribution in [0.1, 0.15) is 64.2 Å². The summed E-state index contributed by atoms with van der Waals surface area (Å²) in [5, 5.41) is 5.63. The first-order chi connectivity index (χ1) is 17.7. The zero-order valence-corrected chi connectivity index (χ0v) is 23.6. The first kappa shape index (κ1) is 29.7. The molecule has 2 aromatic rings. The SMILES string of the molecule is CC(C)N1CCC(C[C@H](NC(=O)c2ccc(F)cc2)C(=O)Nc2ccc(S(=O)(=O)NC(C)(C)C)cc2)CC1. The maximum Gasteiger partial charge on any atom is 0.251 e. The average Bonchev–Trinajstić information content (AvgIpc) is 2.83. The van der Waals surface area contributed by atoms with E-state index in [1.165, 1.54) is 48.5 Å². The largest absolute Gasteiger partial charge is 0.340 e. The van der Waals surface area contributed by atoms with E-state index in [0.717, 1.165) is 25.9 Å². The normalized spacial score (nSPS) is 16.3. The number of rotatable bonds is 9. The highest BCUT2D eigenvalue weighted by molar-refractivity contribution is 7.89. The molecule has 1 aliphatic rings. The Morgan fingerprint density at radius 3 is 2.11 bits per heavy atom. The number of likely N-dealkylation sites (tertiary alicyclic amines) is 1. The van der Waals surface area contributed by atoms with Gasteiger partial charge in [-0.2, -0.15) is 0 Å². The third kappa shape index (κ3) is 8.61. The number of hydrogen-bond donors (Lipinski definition) is 3. The van der Waals surface area contributed by atoms with E-state index in [0.29, 0.717) is 18.2 Å². The van der Waals surface area contributed by atoms with Crippen LogP contribution in [0.2, 0.25) is 0 Å². The van der Waals surface area contributed by atoms with Crippen molar-refractivity contribution in [3.8, 4) is 0 Å². The van der Waals surface area contributed by atoms with Crippen LogP contribution in [0.15, 0.2) is 53.4 Å². The maximum atomic E-state index is 13.3. The summed E-state index contributed by atoms with van der Waals surface area (Å²) in [5.74, 6) is -1.05. The van der Waals surface area contributed by atoms with Crippen molar-refractivity contribution in [3.63, 3.8) is 0 Å². The van der Waals surface area contributed by atoms with Crippen molar-refractivity contribution in [2.45, 2.75) is 76.4 Å². The van der Waals surface area contributed by atoms with Gasteiger partial charge in [0.05, 0.1) is 4.90 Å². The molecule has 3 N–H and O–H groups in total. The number of nitrogens with zero attached hydrogens (tertiary/aromatic N) is 1. The van der Waals surface area contributed by atoms with Gasteiger partial charge in [0.15, 0.2) is 0 Å². The van der Waals surface area contributed by atoms with Crippen molar-refractivity contribution in [2.24, 2.45) is 5.92 Å². The minimum Gasteiger partial charge on any atom is -0.340 e. The van der Waals surface area contributed by atoms with Crippen molar-refractivity contribution >= 4 is 27.5 Å². The summed E-state index contributed by atoms with van der Waals surface area (Å²) in [4.78, 5) is 28.7. The van der Waals surface area contributed by atoms with Gasteiger partial charge in [-0.05, 0) is 121 Å². The highest BCUT2D eigenvalue weighted by atomic mass is 32.2. The number of nitrogens with one attached hydrogen (secondary N) is 3. The van der Waals surface area contributed by atoms with Gasteiger partial charge in [0.25, 0.3) is 5.91 Å². The summed E-state index contributed by atoms with van der Waals surface area (Å²) in [6.07, 6.45) is 2.30. The quantitative estimate of drug-likeness (QED) is 0.438. The number of carbonyl (C=O) groups is 2. The highest BCUT2D eigenvalue weighted by Gasteiger charge is 2.29. The van der Waals surface area contributed by atoms with E-state index in [-0.39, 0.29) is 16.4 Å². The van der Waals surface area contributed by atoms with Crippen molar-refractivity contribution in [3.05, 3.63) is 59.9 Å². The van der Waals surface area contributed by atoms with E-state index >= 15 is 0 Å². The summed E-state index contributed by atoms with van der Waals surface area (Å²) in [6, 6.07) is 10.7. The van der Waals surface area contributed by atoms with E-state index in [9.17, 15) is 22.4 Å². The summed E-state index contributed by atoms with van der Waals surface area (Å²) in [6.45, 7) is 11.5. The number of piperidine rings is 1. The minimum atomic E-state index is -3.71. The monoisotopic (exact) mass is 546 g/mol. The molecular weight excluding hydrogens is 507 g/mol. The van der Waals surface area contributed by atoms with E-state index in [1.807, 2.05) is 0 Å². The Labute approximate surface area is 225 Å². The lowest BCUT2D eigenvalue weighted by Gasteiger charge is -2.35. The first-order valence-electron chi connectivity index (χ1n) is 13.0. The molecule has 0 unspecified atom stereocenters.